The second-order valence-electron chi connectivity index (χ2n) is 4.26. The van der Waals surface area contributed by atoms with E-state index in [0.717, 1.165) is 25.9 Å². The zero-order valence-electron chi connectivity index (χ0n) is 9.95. The topological polar surface area (TPSA) is 46.0 Å². The summed E-state index contributed by atoms with van der Waals surface area (Å²) in [5, 5.41) is 12.3. The van der Waals surface area contributed by atoms with E-state index in [0.29, 0.717) is 6.42 Å². The lowest BCUT2D eigenvalue weighted by atomic mass is 10.1. The predicted molar refractivity (Wildman–Crippen MR) is 80.2 cm³/mol. The molecule has 0 fully saturated rings. The number of rotatable bonds is 3. The first-order valence-electron chi connectivity index (χ1n) is 5.84. The lowest BCUT2D eigenvalue weighted by Gasteiger charge is -2.10. The van der Waals surface area contributed by atoms with Gasteiger partial charge in [-0.2, -0.15) is 0 Å². The van der Waals surface area contributed by atoms with Gasteiger partial charge in [-0.05, 0) is 39.7 Å². The molecule has 3 rings (SSSR count). The van der Waals surface area contributed by atoms with E-state index in [1.165, 1.54) is 0 Å². The van der Waals surface area contributed by atoms with E-state index >= 15 is 0 Å². The Morgan fingerprint density at radius 1 is 1.16 bits per heavy atom. The van der Waals surface area contributed by atoms with Crippen LogP contribution in [0.2, 0.25) is 0 Å². The maximum atomic E-state index is 10.3. The Hall–Kier alpha value is -1.30. The summed E-state index contributed by atoms with van der Waals surface area (Å²) in [4.78, 5) is 9.63. The van der Waals surface area contributed by atoms with E-state index in [-0.39, 0.29) is 0 Å². The number of halogens is 1. The van der Waals surface area contributed by atoms with Crippen molar-refractivity contribution in [1.29, 1.82) is 0 Å². The Balaban J connectivity index is 1.86. The van der Waals surface area contributed by atoms with Gasteiger partial charge in [0, 0.05) is 33.5 Å². The van der Waals surface area contributed by atoms with Gasteiger partial charge in [-0.1, -0.05) is 6.07 Å². The number of thiophene rings is 1. The molecule has 0 aliphatic rings. The van der Waals surface area contributed by atoms with Crippen molar-refractivity contribution in [2.75, 3.05) is 0 Å². The fourth-order valence-electron chi connectivity index (χ4n) is 1.96. The minimum absolute atomic E-state index is 0.517. The largest absolute Gasteiger partial charge is 0.388 e. The third kappa shape index (κ3) is 2.83. The molecule has 3 aromatic rings. The summed E-state index contributed by atoms with van der Waals surface area (Å²) in [5.41, 5.74) is 2.53. The smallest absolute Gasteiger partial charge is 0.0890 e. The van der Waals surface area contributed by atoms with Crippen LogP contribution in [0.25, 0.3) is 11.0 Å². The standard InChI is InChI=1S/C14H11BrN2OS/c15-10-6-11(19-8-10)7-14(18)9-1-2-12-13(5-9)17-4-3-16-12/h1-6,8,14,18H,7H2. The normalized spacial score (nSPS) is 12.7. The minimum Gasteiger partial charge on any atom is -0.388 e. The molecule has 0 bridgehead atoms. The Kier molecular flexibility index (Phi) is 3.59. The summed E-state index contributed by atoms with van der Waals surface area (Å²) >= 11 is 5.06. The molecule has 2 heterocycles. The van der Waals surface area contributed by atoms with Gasteiger partial charge in [-0.25, -0.2) is 0 Å². The van der Waals surface area contributed by atoms with Crippen LogP contribution in [0.4, 0.5) is 0 Å². The maximum absolute atomic E-state index is 10.3. The quantitative estimate of drug-likeness (QED) is 0.793. The van der Waals surface area contributed by atoms with E-state index < -0.39 is 6.10 Å². The van der Waals surface area contributed by atoms with Gasteiger partial charge in [0.1, 0.15) is 0 Å². The number of hydrogen-bond acceptors (Lipinski definition) is 4. The van der Waals surface area contributed by atoms with E-state index in [4.69, 9.17) is 0 Å². The number of benzene rings is 1. The molecule has 1 unspecified atom stereocenters. The van der Waals surface area contributed by atoms with Gasteiger partial charge in [0.25, 0.3) is 0 Å². The molecule has 1 atom stereocenters. The third-order valence-corrected chi connectivity index (χ3v) is 4.61. The molecule has 0 saturated carbocycles. The monoisotopic (exact) mass is 334 g/mol. The van der Waals surface area contributed by atoms with Crippen LogP contribution in [0.15, 0.2) is 46.5 Å². The number of nitrogens with zero attached hydrogens (tertiary/aromatic N) is 2. The highest BCUT2D eigenvalue weighted by Crippen LogP contribution is 2.26. The summed E-state index contributed by atoms with van der Waals surface area (Å²) < 4.78 is 1.06. The summed E-state index contributed by atoms with van der Waals surface area (Å²) in [6.45, 7) is 0. The molecule has 0 radical (unpaired) electrons. The lowest BCUT2D eigenvalue weighted by molar-refractivity contribution is 0.179. The molecule has 96 valence electrons. The zero-order chi connectivity index (χ0) is 13.2. The Morgan fingerprint density at radius 3 is 2.68 bits per heavy atom. The molecular weight excluding hydrogens is 324 g/mol. The van der Waals surface area contributed by atoms with Crippen molar-refractivity contribution < 1.29 is 5.11 Å². The first kappa shape index (κ1) is 12.7. The number of hydrogen-bond donors (Lipinski definition) is 1. The van der Waals surface area contributed by atoms with Crippen molar-refractivity contribution in [3.05, 3.63) is 57.0 Å². The summed E-state index contributed by atoms with van der Waals surface area (Å²) in [6.07, 6.45) is 3.43. The molecule has 0 aliphatic heterocycles. The molecule has 0 amide bonds. The Bertz CT molecular complexity index is 713. The Morgan fingerprint density at radius 2 is 1.95 bits per heavy atom. The zero-order valence-corrected chi connectivity index (χ0v) is 12.4. The molecule has 19 heavy (non-hydrogen) atoms. The van der Waals surface area contributed by atoms with Crippen LogP contribution in [-0.4, -0.2) is 15.1 Å². The number of aliphatic hydroxyl groups excluding tert-OH is 1. The molecule has 2 aromatic heterocycles. The molecule has 0 saturated heterocycles. The van der Waals surface area contributed by atoms with Gasteiger partial charge in [0.2, 0.25) is 0 Å². The Labute approximate surface area is 123 Å². The van der Waals surface area contributed by atoms with Crippen LogP contribution in [0.5, 0.6) is 0 Å². The van der Waals surface area contributed by atoms with Gasteiger partial charge >= 0.3 is 0 Å². The molecule has 1 aromatic carbocycles. The van der Waals surface area contributed by atoms with Gasteiger partial charge in [-0.3, -0.25) is 9.97 Å². The molecular formula is C14H11BrN2OS. The van der Waals surface area contributed by atoms with Gasteiger partial charge in [0.05, 0.1) is 17.1 Å². The molecule has 1 N–H and O–H groups in total. The second-order valence-corrected chi connectivity index (χ2v) is 6.17. The number of aromatic nitrogens is 2. The van der Waals surface area contributed by atoms with Crippen molar-refractivity contribution in [3.8, 4) is 0 Å². The highest BCUT2D eigenvalue weighted by molar-refractivity contribution is 9.10. The van der Waals surface area contributed by atoms with Crippen molar-refractivity contribution in [1.82, 2.24) is 9.97 Å². The van der Waals surface area contributed by atoms with Gasteiger partial charge < -0.3 is 5.11 Å². The van der Waals surface area contributed by atoms with Gasteiger partial charge in [0.15, 0.2) is 0 Å². The molecule has 0 aliphatic carbocycles. The summed E-state index contributed by atoms with van der Waals surface area (Å²) in [5.74, 6) is 0. The minimum atomic E-state index is -0.517. The van der Waals surface area contributed by atoms with Crippen molar-refractivity contribution in [2.45, 2.75) is 12.5 Å². The summed E-state index contributed by atoms with van der Waals surface area (Å²) in [6, 6.07) is 7.74. The lowest BCUT2D eigenvalue weighted by Crippen LogP contribution is -2.00. The van der Waals surface area contributed by atoms with E-state index in [1.807, 2.05) is 29.6 Å². The highest BCUT2D eigenvalue weighted by atomic mass is 79.9. The SMILES string of the molecule is OC(Cc1cc(Br)cs1)c1ccc2nccnc2c1. The van der Waals surface area contributed by atoms with Crippen LogP contribution in [0, 0.1) is 0 Å². The van der Waals surface area contributed by atoms with Crippen LogP contribution in [0.3, 0.4) is 0 Å². The first-order valence-corrected chi connectivity index (χ1v) is 7.51. The second kappa shape index (κ2) is 5.36. The maximum Gasteiger partial charge on any atom is 0.0890 e. The molecule has 0 spiro atoms. The predicted octanol–water partition coefficient (Wildman–Crippen LogP) is 3.73. The van der Waals surface area contributed by atoms with Crippen molar-refractivity contribution >= 4 is 38.3 Å². The van der Waals surface area contributed by atoms with Crippen LogP contribution >= 0.6 is 27.3 Å². The van der Waals surface area contributed by atoms with E-state index in [1.54, 1.807) is 23.7 Å². The fourth-order valence-corrected chi connectivity index (χ4v) is 3.45. The fraction of sp³-hybridized carbons (Fsp3) is 0.143. The number of aliphatic hydroxyl groups is 1. The first-order chi connectivity index (χ1) is 9.22. The van der Waals surface area contributed by atoms with E-state index in [9.17, 15) is 5.11 Å². The number of fused-ring (bicyclic) bond motifs is 1. The average molecular weight is 335 g/mol. The highest BCUT2D eigenvalue weighted by Gasteiger charge is 2.11. The van der Waals surface area contributed by atoms with Crippen molar-refractivity contribution in [2.24, 2.45) is 0 Å². The molecule has 5 heteroatoms. The van der Waals surface area contributed by atoms with Crippen molar-refractivity contribution in [3.63, 3.8) is 0 Å². The average Bonchev–Trinajstić information content (AvgIpc) is 2.83. The summed E-state index contributed by atoms with van der Waals surface area (Å²) in [7, 11) is 0. The van der Waals surface area contributed by atoms with Crippen LogP contribution < -0.4 is 0 Å². The van der Waals surface area contributed by atoms with Gasteiger partial charge in [-0.15, -0.1) is 11.3 Å². The third-order valence-electron chi connectivity index (χ3n) is 2.89. The van der Waals surface area contributed by atoms with E-state index in [2.05, 4.69) is 25.9 Å². The van der Waals surface area contributed by atoms with Crippen LogP contribution in [-0.2, 0) is 6.42 Å². The van der Waals surface area contributed by atoms with Crippen LogP contribution in [0.1, 0.15) is 16.5 Å². The molecule has 3 nitrogen and oxygen atoms in total.